The van der Waals surface area contributed by atoms with E-state index in [9.17, 15) is 13.2 Å². The molecular weight excluding hydrogens is 328 g/mol. The first-order valence-electron chi connectivity index (χ1n) is 8.23. The molecule has 1 aromatic heterocycles. The Hall–Kier alpha value is -1.63. The van der Waals surface area contributed by atoms with Crippen LogP contribution in [0.2, 0.25) is 0 Å². The number of hydrogen-bond donors (Lipinski definition) is 0. The molecule has 0 aromatic carbocycles. The fourth-order valence-electron chi connectivity index (χ4n) is 2.75. The highest BCUT2D eigenvalue weighted by Gasteiger charge is 2.34. The molecule has 1 saturated heterocycles. The number of carbonyl (C=O) groups excluding carboxylic acids is 1. The third-order valence-corrected chi connectivity index (χ3v) is 5.56. The van der Waals surface area contributed by atoms with E-state index in [-0.39, 0.29) is 16.8 Å². The van der Waals surface area contributed by atoms with Crippen molar-refractivity contribution >= 4 is 15.9 Å². The van der Waals surface area contributed by atoms with Crippen LogP contribution in [0.1, 0.15) is 45.6 Å². The molecule has 0 spiro atoms. The lowest BCUT2D eigenvalue weighted by Gasteiger charge is -2.36. The molecular formula is C17H26N2O4S. The van der Waals surface area contributed by atoms with Crippen LogP contribution in [-0.2, 0) is 14.6 Å². The molecule has 24 heavy (non-hydrogen) atoms. The Balaban J connectivity index is 2.17. The van der Waals surface area contributed by atoms with Gasteiger partial charge in [0.05, 0.1) is 5.75 Å². The molecule has 1 aromatic rings. The highest BCUT2D eigenvalue weighted by Crippen LogP contribution is 2.23. The van der Waals surface area contributed by atoms with Crippen molar-refractivity contribution in [3.8, 4) is 0 Å². The zero-order chi connectivity index (χ0) is 18.0. The average molecular weight is 354 g/mol. The first-order chi connectivity index (χ1) is 11.1. The van der Waals surface area contributed by atoms with Crippen LogP contribution in [0.25, 0.3) is 0 Å². The minimum atomic E-state index is -3.55. The van der Waals surface area contributed by atoms with E-state index in [2.05, 4.69) is 4.98 Å². The van der Waals surface area contributed by atoms with E-state index in [1.807, 2.05) is 6.92 Å². The summed E-state index contributed by atoms with van der Waals surface area (Å²) in [6.45, 7) is 7.76. The molecule has 1 aliphatic heterocycles. The van der Waals surface area contributed by atoms with Crippen LogP contribution in [0.15, 0.2) is 23.4 Å². The summed E-state index contributed by atoms with van der Waals surface area (Å²) in [4.78, 5) is 17.9. The molecule has 1 amide bonds. The summed E-state index contributed by atoms with van der Waals surface area (Å²) in [5.41, 5.74) is 0.243. The fraction of sp³-hybridized carbons (Fsp3) is 0.647. The third-order valence-electron chi connectivity index (χ3n) is 3.88. The zero-order valence-electron chi connectivity index (χ0n) is 14.8. The van der Waals surface area contributed by atoms with Gasteiger partial charge in [0.2, 0.25) is 0 Å². The molecule has 0 bridgehead atoms. The van der Waals surface area contributed by atoms with Crippen LogP contribution < -0.4 is 0 Å². The van der Waals surface area contributed by atoms with Crippen molar-refractivity contribution in [3.05, 3.63) is 23.9 Å². The fourth-order valence-corrected chi connectivity index (χ4v) is 4.36. The largest absolute Gasteiger partial charge is 0.444 e. The molecule has 1 fully saturated rings. The maximum Gasteiger partial charge on any atom is 0.410 e. The Labute approximate surface area is 144 Å². The van der Waals surface area contributed by atoms with E-state index in [4.69, 9.17) is 4.74 Å². The number of amides is 1. The maximum atomic E-state index is 12.7. The van der Waals surface area contributed by atoms with Gasteiger partial charge in [0.1, 0.15) is 5.60 Å². The molecule has 0 unspecified atom stereocenters. The molecule has 1 atom stereocenters. The first kappa shape index (κ1) is 18.7. The van der Waals surface area contributed by atoms with Crippen molar-refractivity contribution in [2.45, 2.75) is 63.6 Å². The highest BCUT2D eigenvalue weighted by molar-refractivity contribution is 7.91. The summed E-state index contributed by atoms with van der Waals surface area (Å²) >= 11 is 0. The molecule has 0 radical (unpaired) electrons. The van der Waals surface area contributed by atoms with Gasteiger partial charge in [0.25, 0.3) is 0 Å². The number of aryl methyl sites for hydroxylation is 1. The molecule has 7 heteroatoms. The topological polar surface area (TPSA) is 76.6 Å². The number of ether oxygens (including phenoxy) is 1. The second-order valence-electron chi connectivity index (χ2n) is 7.28. The van der Waals surface area contributed by atoms with E-state index < -0.39 is 21.5 Å². The van der Waals surface area contributed by atoms with Gasteiger partial charge in [-0.25, -0.2) is 18.2 Å². The first-order valence-corrected chi connectivity index (χ1v) is 9.89. The van der Waals surface area contributed by atoms with Crippen LogP contribution in [0.4, 0.5) is 4.79 Å². The van der Waals surface area contributed by atoms with Crippen LogP contribution >= 0.6 is 0 Å². The Kier molecular flexibility index (Phi) is 5.52. The van der Waals surface area contributed by atoms with Gasteiger partial charge in [0.15, 0.2) is 14.9 Å². The van der Waals surface area contributed by atoms with E-state index >= 15 is 0 Å². The number of nitrogens with zero attached hydrogens (tertiary/aromatic N) is 2. The van der Waals surface area contributed by atoms with Crippen LogP contribution in [-0.4, -0.2) is 48.3 Å². The molecule has 0 N–H and O–H groups in total. The lowest BCUT2D eigenvalue weighted by molar-refractivity contribution is 0.0124. The summed E-state index contributed by atoms with van der Waals surface area (Å²) in [5, 5.41) is 0.0669. The number of carbonyl (C=O) groups is 1. The maximum absolute atomic E-state index is 12.7. The van der Waals surface area contributed by atoms with Gasteiger partial charge in [-0.1, -0.05) is 0 Å². The van der Waals surface area contributed by atoms with Gasteiger partial charge >= 0.3 is 6.09 Å². The summed E-state index contributed by atoms with van der Waals surface area (Å²) < 4.78 is 30.8. The van der Waals surface area contributed by atoms with Gasteiger partial charge in [0, 0.05) is 18.8 Å². The minimum absolute atomic E-state index is 0.0669. The van der Waals surface area contributed by atoms with Crippen molar-refractivity contribution in [1.82, 2.24) is 9.88 Å². The lowest BCUT2D eigenvalue weighted by atomic mass is 10.0. The molecule has 0 aliphatic carbocycles. The third kappa shape index (κ3) is 4.93. The molecule has 134 valence electrons. The molecule has 6 nitrogen and oxygen atoms in total. The van der Waals surface area contributed by atoms with Crippen LogP contribution in [0, 0.1) is 6.92 Å². The minimum Gasteiger partial charge on any atom is -0.444 e. The Morgan fingerprint density at radius 2 is 2.08 bits per heavy atom. The number of rotatable bonds is 3. The van der Waals surface area contributed by atoms with Crippen molar-refractivity contribution in [2.75, 3.05) is 12.3 Å². The molecule has 0 saturated carbocycles. The number of likely N-dealkylation sites (tertiary alicyclic amines) is 1. The SMILES string of the molecule is Cc1ccnc(S(=O)(=O)C[C@@H]2CCCCN2C(=O)OC(C)(C)C)c1. The lowest BCUT2D eigenvalue weighted by Crippen LogP contribution is -2.48. The number of hydrogen-bond acceptors (Lipinski definition) is 5. The zero-order valence-corrected chi connectivity index (χ0v) is 15.6. The molecule has 2 rings (SSSR count). The van der Waals surface area contributed by atoms with Crippen LogP contribution in [0.3, 0.4) is 0 Å². The van der Waals surface area contributed by atoms with Gasteiger partial charge in [-0.2, -0.15) is 0 Å². The van der Waals surface area contributed by atoms with Crippen LogP contribution in [0.5, 0.6) is 0 Å². The van der Waals surface area contributed by atoms with Gasteiger partial charge in [-0.15, -0.1) is 0 Å². The number of aromatic nitrogens is 1. The molecule has 2 heterocycles. The predicted molar refractivity (Wildman–Crippen MR) is 91.6 cm³/mol. The predicted octanol–water partition coefficient (Wildman–Crippen LogP) is 2.95. The Bertz CT molecular complexity index is 695. The van der Waals surface area contributed by atoms with E-state index in [1.165, 1.54) is 6.20 Å². The van der Waals surface area contributed by atoms with Gasteiger partial charge < -0.3 is 9.64 Å². The second kappa shape index (κ2) is 7.09. The number of sulfone groups is 1. The van der Waals surface area contributed by atoms with E-state index in [1.54, 1.807) is 37.8 Å². The monoisotopic (exact) mass is 354 g/mol. The number of pyridine rings is 1. The highest BCUT2D eigenvalue weighted by atomic mass is 32.2. The smallest absolute Gasteiger partial charge is 0.410 e. The summed E-state index contributed by atoms with van der Waals surface area (Å²) in [6.07, 6.45) is 3.47. The standard InChI is InChI=1S/C17H26N2O4S/c1-13-8-9-18-15(11-13)24(21,22)12-14-7-5-6-10-19(14)16(20)23-17(2,3)4/h8-9,11,14H,5-7,10,12H2,1-4H3/t14-/m0/s1. The summed E-state index contributed by atoms with van der Waals surface area (Å²) in [5.74, 6) is -0.122. The normalized spacial score (nSPS) is 19.2. The quantitative estimate of drug-likeness (QED) is 0.834. The van der Waals surface area contributed by atoms with E-state index in [0.717, 1.165) is 18.4 Å². The second-order valence-corrected chi connectivity index (χ2v) is 9.26. The number of piperidine rings is 1. The molecule has 1 aliphatic rings. The van der Waals surface area contributed by atoms with Crippen molar-refractivity contribution in [3.63, 3.8) is 0 Å². The average Bonchev–Trinajstić information content (AvgIpc) is 2.45. The van der Waals surface area contributed by atoms with Crippen molar-refractivity contribution < 1.29 is 17.9 Å². The summed E-state index contributed by atoms with van der Waals surface area (Å²) in [6, 6.07) is 2.95. The Morgan fingerprint density at radius 1 is 1.38 bits per heavy atom. The van der Waals surface area contributed by atoms with Crippen molar-refractivity contribution in [1.29, 1.82) is 0 Å². The summed E-state index contributed by atoms with van der Waals surface area (Å²) in [7, 11) is -3.55. The van der Waals surface area contributed by atoms with Gasteiger partial charge in [-0.3, -0.25) is 0 Å². The van der Waals surface area contributed by atoms with Gasteiger partial charge in [-0.05, 0) is 64.7 Å². The Morgan fingerprint density at radius 3 is 2.71 bits per heavy atom. The van der Waals surface area contributed by atoms with E-state index in [0.29, 0.717) is 13.0 Å². The van der Waals surface area contributed by atoms with Crippen molar-refractivity contribution in [2.24, 2.45) is 0 Å².